The van der Waals surface area contributed by atoms with Gasteiger partial charge in [-0.3, -0.25) is 14.8 Å². The first-order chi connectivity index (χ1) is 13.8. The van der Waals surface area contributed by atoms with Crippen molar-refractivity contribution in [2.45, 2.75) is 44.8 Å². The molecule has 156 valence electrons. The van der Waals surface area contributed by atoms with E-state index in [1.54, 1.807) is 0 Å². The molecule has 4 heterocycles. The van der Waals surface area contributed by atoms with E-state index in [4.69, 9.17) is 0 Å². The number of nitrogens with one attached hydrogen (secondary N) is 2. The van der Waals surface area contributed by atoms with Gasteiger partial charge >= 0.3 is 0 Å². The first-order valence-electron chi connectivity index (χ1n) is 10.6. The van der Waals surface area contributed by atoms with Gasteiger partial charge < -0.3 is 10.2 Å². The van der Waals surface area contributed by atoms with Gasteiger partial charge in [0.05, 0.1) is 0 Å². The number of nitrogens with zero attached hydrogens (tertiary/aromatic N) is 3. The topological polar surface area (TPSA) is 64.3 Å². The minimum Gasteiger partial charge on any atom is -0.337 e. The number of carbonyl (C=O) groups excluding carboxylic acids is 1. The van der Waals surface area contributed by atoms with Crippen LogP contribution < -0.4 is 5.32 Å². The number of rotatable bonds is 3. The Kier molecular flexibility index (Phi) is 6.23. The normalized spacial score (nSPS) is 24.3. The molecule has 2 N–H and O–H groups in total. The second-order valence-electron chi connectivity index (χ2n) is 8.42. The fourth-order valence-electron chi connectivity index (χ4n) is 5.26. The second kappa shape index (κ2) is 8.86. The lowest BCUT2D eigenvalue weighted by molar-refractivity contribution is 0.0171. The van der Waals surface area contributed by atoms with E-state index in [1.807, 2.05) is 0 Å². The predicted molar refractivity (Wildman–Crippen MR) is 115 cm³/mol. The van der Waals surface area contributed by atoms with Gasteiger partial charge in [0.25, 0.3) is 5.91 Å². The van der Waals surface area contributed by atoms with E-state index in [2.05, 4.69) is 55.6 Å². The number of hydrogen-bond acceptors (Lipinski definition) is 4. The zero-order valence-electron chi connectivity index (χ0n) is 16.8. The molecule has 2 aromatic rings. The molecule has 2 fully saturated rings. The van der Waals surface area contributed by atoms with Gasteiger partial charge in [-0.05, 0) is 37.3 Å². The number of amides is 1. The van der Waals surface area contributed by atoms with Crippen molar-refractivity contribution in [1.82, 2.24) is 25.3 Å². The van der Waals surface area contributed by atoms with Gasteiger partial charge in [0, 0.05) is 56.4 Å². The van der Waals surface area contributed by atoms with E-state index in [0.29, 0.717) is 17.7 Å². The highest BCUT2D eigenvalue weighted by Crippen LogP contribution is 2.32. The smallest absolute Gasteiger partial charge is 0.274 e. The number of likely N-dealkylation sites (tertiary alicyclic amines) is 2. The van der Waals surface area contributed by atoms with Crippen LogP contribution in [0.3, 0.4) is 0 Å². The Labute approximate surface area is 178 Å². The quantitative estimate of drug-likeness (QED) is 0.808. The first-order valence-corrected chi connectivity index (χ1v) is 10.6. The molecule has 0 bridgehead atoms. The molecule has 1 amide bonds. The van der Waals surface area contributed by atoms with Crippen molar-refractivity contribution < 1.29 is 4.79 Å². The fourth-order valence-corrected chi connectivity index (χ4v) is 5.26. The molecule has 0 aliphatic carbocycles. The molecule has 0 spiro atoms. The molecule has 0 saturated carbocycles. The summed E-state index contributed by atoms with van der Waals surface area (Å²) >= 11 is 0. The van der Waals surface area contributed by atoms with Crippen LogP contribution in [0, 0.1) is 5.92 Å². The largest absolute Gasteiger partial charge is 0.337 e. The lowest BCUT2D eigenvalue weighted by atomic mass is 9.83. The average Bonchev–Trinajstić information content (AvgIpc) is 3.18. The maximum Gasteiger partial charge on any atom is 0.274 e. The minimum atomic E-state index is 0. The summed E-state index contributed by atoms with van der Waals surface area (Å²) in [6.07, 6.45) is 4.43. The predicted octanol–water partition coefficient (Wildman–Crippen LogP) is 2.60. The van der Waals surface area contributed by atoms with Gasteiger partial charge in [-0.25, -0.2) is 0 Å². The molecule has 2 atom stereocenters. The summed E-state index contributed by atoms with van der Waals surface area (Å²) < 4.78 is 0. The van der Waals surface area contributed by atoms with E-state index in [0.717, 1.165) is 56.8 Å². The van der Waals surface area contributed by atoms with Crippen LogP contribution in [0.5, 0.6) is 0 Å². The highest BCUT2D eigenvalue weighted by Gasteiger charge is 2.38. The fraction of sp³-hybridized carbons (Fsp3) is 0.545. The van der Waals surface area contributed by atoms with Gasteiger partial charge in [-0.15, -0.1) is 12.4 Å². The van der Waals surface area contributed by atoms with Gasteiger partial charge in [0.2, 0.25) is 0 Å². The van der Waals surface area contributed by atoms with Crippen LogP contribution in [0.4, 0.5) is 0 Å². The Morgan fingerprint density at radius 1 is 1.17 bits per heavy atom. The summed E-state index contributed by atoms with van der Waals surface area (Å²) in [5, 5.41) is 10.8. The second-order valence-corrected chi connectivity index (χ2v) is 8.42. The summed E-state index contributed by atoms with van der Waals surface area (Å²) in [5.74, 6) is 0.683. The van der Waals surface area contributed by atoms with Crippen molar-refractivity contribution in [3.63, 3.8) is 0 Å². The summed E-state index contributed by atoms with van der Waals surface area (Å²) in [4.78, 5) is 17.9. The maximum atomic E-state index is 13.2. The van der Waals surface area contributed by atoms with E-state index >= 15 is 0 Å². The van der Waals surface area contributed by atoms with E-state index in [9.17, 15) is 4.79 Å². The zero-order chi connectivity index (χ0) is 18.9. The van der Waals surface area contributed by atoms with Crippen LogP contribution in [-0.4, -0.2) is 58.1 Å². The van der Waals surface area contributed by atoms with Crippen LogP contribution in [0.25, 0.3) is 0 Å². The third-order valence-corrected chi connectivity index (χ3v) is 6.71. The molecule has 2 unspecified atom stereocenters. The van der Waals surface area contributed by atoms with Crippen molar-refractivity contribution in [2.24, 2.45) is 5.92 Å². The van der Waals surface area contributed by atoms with Gasteiger partial charge in [0.15, 0.2) is 5.69 Å². The van der Waals surface area contributed by atoms with Crippen LogP contribution in [-0.2, 0) is 19.5 Å². The van der Waals surface area contributed by atoms with Gasteiger partial charge in [-0.2, -0.15) is 5.10 Å². The number of carbonyl (C=O) groups is 1. The third-order valence-electron chi connectivity index (χ3n) is 6.71. The van der Waals surface area contributed by atoms with Crippen LogP contribution >= 0.6 is 12.4 Å². The van der Waals surface area contributed by atoms with Crippen molar-refractivity contribution in [3.05, 3.63) is 52.8 Å². The summed E-state index contributed by atoms with van der Waals surface area (Å²) in [6.45, 7) is 5.59. The first kappa shape index (κ1) is 20.4. The van der Waals surface area contributed by atoms with Crippen LogP contribution in [0.1, 0.15) is 46.6 Å². The molecule has 3 aliphatic rings. The lowest BCUT2D eigenvalue weighted by Gasteiger charge is -2.47. The molecule has 7 heteroatoms. The van der Waals surface area contributed by atoms with E-state index in [-0.39, 0.29) is 18.3 Å². The molecule has 3 aliphatic heterocycles. The zero-order valence-corrected chi connectivity index (χ0v) is 17.6. The number of halogens is 1. The Balaban J connectivity index is 0.00000205. The molecule has 5 rings (SSSR count). The van der Waals surface area contributed by atoms with E-state index < -0.39 is 0 Å². The Bertz CT molecular complexity index is 839. The lowest BCUT2D eigenvalue weighted by Crippen LogP contribution is -2.54. The molecule has 29 heavy (non-hydrogen) atoms. The molecule has 1 aromatic carbocycles. The molecule has 1 aromatic heterocycles. The third kappa shape index (κ3) is 4.06. The summed E-state index contributed by atoms with van der Waals surface area (Å²) in [5.41, 5.74) is 4.23. The average molecular weight is 416 g/mol. The van der Waals surface area contributed by atoms with E-state index in [1.165, 1.54) is 24.9 Å². The van der Waals surface area contributed by atoms with Crippen LogP contribution in [0.15, 0.2) is 30.3 Å². The number of H-pyrrole nitrogens is 1. The van der Waals surface area contributed by atoms with Crippen molar-refractivity contribution in [2.75, 3.05) is 26.2 Å². The van der Waals surface area contributed by atoms with Gasteiger partial charge in [0.1, 0.15) is 0 Å². The van der Waals surface area contributed by atoms with Crippen molar-refractivity contribution in [3.8, 4) is 0 Å². The highest BCUT2D eigenvalue weighted by molar-refractivity contribution is 5.94. The number of benzene rings is 1. The summed E-state index contributed by atoms with van der Waals surface area (Å²) in [6, 6.07) is 11.4. The molecular weight excluding hydrogens is 386 g/mol. The van der Waals surface area contributed by atoms with Gasteiger partial charge in [-0.1, -0.05) is 30.3 Å². The number of piperidine rings is 2. The SMILES string of the molecule is Cl.O=C(c1n[nH]c2c1CNCC2)N1CCC2C(CCCN2Cc2ccccc2)C1. The Morgan fingerprint density at radius 2 is 2.03 bits per heavy atom. The molecule has 6 nitrogen and oxygen atoms in total. The van der Waals surface area contributed by atoms with Crippen molar-refractivity contribution in [1.29, 1.82) is 0 Å². The highest BCUT2D eigenvalue weighted by atomic mass is 35.5. The number of aromatic nitrogens is 2. The Morgan fingerprint density at radius 3 is 2.90 bits per heavy atom. The molecule has 0 radical (unpaired) electrons. The molecule has 2 saturated heterocycles. The Hall–Kier alpha value is -1.89. The summed E-state index contributed by atoms with van der Waals surface area (Å²) in [7, 11) is 0. The monoisotopic (exact) mass is 415 g/mol. The number of hydrogen-bond donors (Lipinski definition) is 2. The van der Waals surface area contributed by atoms with Crippen molar-refractivity contribution >= 4 is 18.3 Å². The maximum absolute atomic E-state index is 13.2. The number of fused-ring (bicyclic) bond motifs is 2. The minimum absolute atomic E-state index is 0. The number of aromatic amines is 1. The van der Waals surface area contributed by atoms with Crippen LogP contribution in [0.2, 0.25) is 0 Å². The standard InChI is InChI=1S/C22H29N5O.ClH/c28-22(21-18-13-23-10-8-19(18)24-25-21)27-12-9-20-17(15-27)7-4-11-26(20)14-16-5-2-1-3-6-16;/h1-3,5-6,17,20,23H,4,7-15H2,(H,24,25);1H. The molecular formula is C22H30ClN5O.